The van der Waals surface area contributed by atoms with E-state index in [9.17, 15) is 0 Å². The molecule has 88 valence electrons. The standard InChI is InChI=1S/C12H11BrClN3/c1-7-3-4-9(13)10(5-7)17-12-6-11(14)15-8(2)16-12/h3-6H,1-2H3,(H,15,16,17). The van der Waals surface area contributed by atoms with Crippen LogP contribution in [-0.2, 0) is 0 Å². The number of halogens is 2. The highest BCUT2D eigenvalue weighted by Crippen LogP contribution is 2.26. The van der Waals surface area contributed by atoms with Crippen molar-refractivity contribution in [3.05, 3.63) is 45.3 Å². The van der Waals surface area contributed by atoms with E-state index in [2.05, 4.69) is 31.2 Å². The van der Waals surface area contributed by atoms with Gasteiger partial charge in [0.25, 0.3) is 0 Å². The molecular formula is C12H11BrClN3. The third-order valence-corrected chi connectivity index (χ3v) is 3.08. The van der Waals surface area contributed by atoms with E-state index >= 15 is 0 Å². The highest BCUT2D eigenvalue weighted by molar-refractivity contribution is 9.10. The number of nitrogens with one attached hydrogen (secondary N) is 1. The number of hydrogen-bond acceptors (Lipinski definition) is 3. The Morgan fingerprint density at radius 2 is 1.94 bits per heavy atom. The minimum absolute atomic E-state index is 0.434. The molecule has 1 aromatic carbocycles. The van der Waals surface area contributed by atoms with E-state index in [-0.39, 0.29) is 0 Å². The monoisotopic (exact) mass is 311 g/mol. The van der Waals surface area contributed by atoms with Gasteiger partial charge in [-0.15, -0.1) is 0 Å². The number of benzene rings is 1. The fraction of sp³-hybridized carbons (Fsp3) is 0.167. The molecule has 0 spiro atoms. The Labute approximate surface area is 113 Å². The van der Waals surface area contributed by atoms with E-state index in [1.807, 2.05) is 32.0 Å². The first-order chi connectivity index (χ1) is 8.04. The zero-order valence-electron chi connectivity index (χ0n) is 9.46. The van der Waals surface area contributed by atoms with Crippen molar-refractivity contribution >= 4 is 39.0 Å². The minimum atomic E-state index is 0.434. The largest absolute Gasteiger partial charge is 0.339 e. The van der Waals surface area contributed by atoms with Gasteiger partial charge in [-0.3, -0.25) is 0 Å². The van der Waals surface area contributed by atoms with Gasteiger partial charge in [0.05, 0.1) is 5.69 Å². The Kier molecular flexibility index (Phi) is 3.64. The van der Waals surface area contributed by atoms with Gasteiger partial charge in [0.15, 0.2) is 0 Å². The summed E-state index contributed by atoms with van der Waals surface area (Å²) in [5.41, 5.74) is 2.13. The van der Waals surface area contributed by atoms with Crippen LogP contribution < -0.4 is 5.32 Å². The van der Waals surface area contributed by atoms with Crippen LogP contribution in [0.1, 0.15) is 11.4 Å². The van der Waals surface area contributed by atoms with Gasteiger partial charge in [-0.25, -0.2) is 9.97 Å². The summed E-state index contributed by atoms with van der Waals surface area (Å²) in [6.07, 6.45) is 0. The number of rotatable bonds is 2. The van der Waals surface area contributed by atoms with E-state index < -0.39 is 0 Å². The van der Waals surface area contributed by atoms with E-state index in [1.54, 1.807) is 6.07 Å². The van der Waals surface area contributed by atoms with Crippen molar-refractivity contribution < 1.29 is 0 Å². The third-order valence-electron chi connectivity index (χ3n) is 2.19. The molecule has 2 aromatic rings. The van der Waals surface area contributed by atoms with Gasteiger partial charge in [-0.05, 0) is 47.5 Å². The predicted octanol–water partition coefficient (Wildman–Crippen LogP) is 4.25. The lowest BCUT2D eigenvalue weighted by Crippen LogP contribution is -1.98. The lowest BCUT2D eigenvalue weighted by atomic mass is 10.2. The summed E-state index contributed by atoms with van der Waals surface area (Å²) in [7, 11) is 0. The van der Waals surface area contributed by atoms with Gasteiger partial charge < -0.3 is 5.32 Å². The molecule has 1 N–H and O–H groups in total. The number of aryl methyl sites for hydroxylation is 2. The van der Waals surface area contributed by atoms with Crippen LogP contribution in [0.2, 0.25) is 5.15 Å². The second-order valence-corrected chi connectivity index (χ2v) is 4.97. The van der Waals surface area contributed by atoms with E-state index in [4.69, 9.17) is 11.6 Å². The first-order valence-corrected chi connectivity index (χ1v) is 6.26. The molecule has 0 bridgehead atoms. The van der Waals surface area contributed by atoms with Crippen LogP contribution in [0, 0.1) is 13.8 Å². The summed E-state index contributed by atoms with van der Waals surface area (Å²) in [6.45, 7) is 3.85. The molecule has 0 saturated carbocycles. The summed E-state index contributed by atoms with van der Waals surface area (Å²) in [4.78, 5) is 8.29. The molecule has 1 aromatic heterocycles. The Morgan fingerprint density at radius 3 is 2.65 bits per heavy atom. The maximum atomic E-state index is 5.88. The van der Waals surface area contributed by atoms with Crippen molar-refractivity contribution in [3.63, 3.8) is 0 Å². The van der Waals surface area contributed by atoms with Crippen molar-refractivity contribution in [2.45, 2.75) is 13.8 Å². The lowest BCUT2D eigenvalue weighted by molar-refractivity contribution is 1.06. The van der Waals surface area contributed by atoms with Crippen LogP contribution in [0.5, 0.6) is 0 Å². The number of aromatic nitrogens is 2. The summed E-state index contributed by atoms with van der Waals surface area (Å²) < 4.78 is 0.982. The summed E-state index contributed by atoms with van der Waals surface area (Å²) >= 11 is 9.37. The molecule has 17 heavy (non-hydrogen) atoms. The van der Waals surface area contributed by atoms with Gasteiger partial charge in [0, 0.05) is 10.5 Å². The molecule has 0 radical (unpaired) electrons. The Bertz CT molecular complexity index is 537. The Balaban J connectivity index is 2.34. The Hall–Kier alpha value is -1.13. The summed E-state index contributed by atoms with van der Waals surface area (Å²) in [5, 5.41) is 3.65. The number of anilines is 2. The molecule has 0 unspecified atom stereocenters. The zero-order valence-corrected chi connectivity index (χ0v) is 11.8. The van der Waals surface area contributed by atoms with Crippen molar-refractivity contribution in [2.75, 3.05) is 5.32 Å². The molecule has 0 amide bonds. The second kappa shape index (κ2) is 5.02. The fourth-order valence-corrected chi connectivity index (χ4v) is 2.04. The number of nitrogens with zero attached hydrogens (tertiary/aromatic N) is 2. The van der Waals surface area contributed by atoms with Crippen molar-refractivity contribution in [3.8, 4) is 0 Å². The minimum Gasteiger partial charge on any atom is -0.339 e. The lowest BCUT2D eigenvalue weighted by Gasteiger charge is -2.09. The molecule has 1 heterocycles. The average molecular weight is 313 g/mol. The van der Waals surface area contributed by atoms with Crippen molar-refractivity contribution in [1.29, 1.82) is 0 Å². The zero-order chi connectivity index (χ0) is 12.4. The maximum Gasteiger partial charge on any atom is 0.135 e. The molecule has 0 atom stereocenters. The normalized spacial score (nSPS) is 10.4. The topological polar surface area (TPSA) is 37.8 Å². The van der Waals surface area contributed by atoms with Gasteiger partial charge in [0.2, 0.25) is 0 Å². The highest BCUT2D eigenvalue weighted by atomic mass is 79.9. The van der Waals surface area contributed by atoms with Gasteiger partial charge in [-0.1, -0.05) is 17.7 Å². The third kappa shape index (κ3) is 3.17. The summed E-state index contributed by atoms with van der Waals surface area (Å²) in [5.74, 6) is 1.33. The first-order valence-electron chi connectivity index (χ1n) is 5.09. The van der Waals surface area contributed by atoms with Crippen LogP contribution in [0.15, 0.2) is 28.7 Å². The van der Waals surface area contributed by atoms with Crippen LogP contribution >= 0.6 is 27.5 Å². The Morgan fingerprint density at radius 1 is 1.18 bits per heavy atom. The maximum absolute atomic E-state index is 5.88. The van der Waals surface area contributed by atoms with Crippen LogP contribution in [0.25, 0.3) is 0 Å². The highest BCUT2D eigenvalue weighted by Gasteiger charge is 2.04. The molecule has 0 fully saturated rings. The molecule has 3 nitrogen and oxygen atoms in total. The van der Waals surface area contributed by atoms with E-state index in [1.165, 1.54) is 5.56 Å². The van der Waals surface area contributed by atoms with Crippen LogP contribution in [-0.4, -0.2) is 9.97 Å². The van der Waals surface area contributed by atoms with Crippen molar-refractivity contribution in [1.82, 2.24) is 9.97 Å². The smallest absolute Gasteiger partial charge is 0.135 e. The molecule has 0 saturated heterocycles. The molecular weight excluding hydrogens is 302 g/mol. The van der Waals surface area contributed by atoms with Gasteiger partial charge >= 0.3 is 0 Å². The van der Waals surface area contributed by atoms with Crippen molar-refractivity contribution in [2.24, 2.45) is 0 Å². The molecule has 5 heteroatoms. The average Bonchev–Trinajstić information content (AvgIpc) is 2.22. The van der Waals surface area contributed by atoms with Crippen LogP contribution in [0.4, 0.5) is 11.5 Å². The van der Waals surface area contributed by atoms with E-state index in [0.29, 0.717) is 16.8 Å². The SMILES string of the molecule is Cc1ccc(Br)c(Nc2cc(Cl)nc(C)n2)c1. The second-order valence-electron chi connectivity index (χ2n) is 3.73. The van der Waals surface area contributed by atoms with Gasteiger partial charge in [-0.2, -0.15) is 0 Å². The molecule has 0 aliphatic heterocycles. The number of hydrogen-bond donors (Lipinski definition) is 1. The molecule has 0 aliphatic rings. The quantitative estimate of drug-likeness (QED) is 0.842. The molecule has 0 aliphatic carbocycles. The van der Waals surface area contributed by atoms with Crippen LogP contribution in [0.3, 0.4) is 0 Å². The first kappa shape index (κ1) is 12.3. The molecule has 2 rings (SSSR count). The predicted molar refractivity (Wildman–Crippen MR) is 73.9 cm³/mol. The summed E-state index contributed by atoms with van der Waals surface area (Å²) in [6, 6.07) is 7.76. The fourth-order valence-electron chi connectivity index (χ4n) is 1.47. The van der Waals surface area contributed by atoms with Gasteiger partial charge in [0.1, 0.15) is 16.8 Å². The van der Waals surface area contributed by atoms with E-state index in [0.717, 1.165) is 10.2 Å².